The average Bonchev–Trinajstić information content (AvgIpc) is 2.36. The minimum atomic E-state index is -0.955. The van der Waals surface area contributed by atoms with Crippen molar-refractivity contribution in [1.29, 1.82) is 5.26 Å². The van der Waals surface area contributed by atoms with Crippen LogP contribution in [0.2, 0.25) is 0 Å². The van der Waals surface area contributed by atoms with Crippen LogP contribution in [0.3, 0.4) is 0 Å². The molecule has 1 aromatic rings. The molecule has 0 fully saturated rings. The first-order chi connectivity index (χ1) is 8.93. The van der Waals surface area contributed by atoms with Gasteiger partial charge in [0.25, 0.3) is 0 Å². The van der Waals surface area contributed by atoms with Crippen molar-refractivity contribution in [2.75, 3.05) is 13.6 Å². The summed E-state index contributed by atoms with van der Waals surface area (Å²) in [5, 5.41) is 27.0. The summed E-state index contributed by atoms with van der Waals surface area (Å²) in [6, 6.07) is 8.19. The van der Waals surface area contributed by atoms with Gasteiger partial charge >= 0.3 is 5.97 Å². The van der Waals surface area contributed by atoms with Crippen LogP contribution in [-0.2, 0) is 11.2 Å². The number of aliphatic carboxylic acids is 1. The molecule has 0 saturated carbocycles. The van der Waals surface area contributed by atoms with Crippen molar-refractivity contribution in [3.05, 3.63) is 42.0 Å². The highest BCUT2D eigenvalue weighted by Gasteiger charge is 2.20. The molecule has 0 aliphatic carbocycles. The lowest BCUT2D eigenvalue weighted by atomic mass is 9.99. The van der Waals surface area contributed by atoms with Crippen LogP contribution in [0, 0.1) is 11.3 Å². The van der Waals surface area contributed by atoms with Crippen molar-refractivity contribution >= 4 is 5.97 Å². The molecule has 1 aromatic carbocycles. The van der Waals surface area contributed by atoms with E-state index in [9.17, 15) is 9.90 Å². The van der Waals surface area contributed by atoms with E-state index >= 15 is 0 Å². The number of carboxylic acid groups (broad SMARTS) is 1. The van der Waals surface area contributed by atoms with Crippen molar-refractivity contribution in [3.8, 4) is 11.8 Å². The third-order valence-electron chi connectivity index (χ3n) is 2.83. The van der Waals surface area contributed by atoms with E-state index in [2.05, 4.69) is 6.58 Å². The first-order valence-corrected chi connectivity index (χ1v) is 5.73. The smallest absolute Gasteiger partial charge is 0.317 e. The fourth-order valence-electron chi connectivity index (χ4n) is 1.80. The van der Waals surface area contributed by atoms with Gasteiger partial charge in [0.15, 0.2) is 0 Å². The number of nitriles is 1. The van der Waals surface area contributed by atoms with Gasteiger partial charge in [0, 0.05) is 11.6 Å². The summed E-state index contributed by atoms with van der Waals surface area (Å²) in [6.07, 6.45) is 0.469. The highest BCUT2D eigenvalue weighted by Crippen LogP contribution is 2.16. The summed E-state index contributed by atoms with van der Waals surface area (Å²) in [6.45, 7) is 3.51. The Hall–Kier alpha value is -2.32. The SMILES string of the molecule is C=C(C#N)[C@H](Cc1ccc(O)cc1)N(C)CC(=O)O. The number of carbonyl (C=O) groups is 1. The van der Waals surface area contributed by atoms with Crippen LogP contribution in [0.5, 0.6) is 5.75 Å². The number of rotatable bonds is 6. The maximum atomic E-state index is 10.7. The number of benzene rings is 1. The van der Waals surface area contributed by atoms with Crippen LogP contribution in [-0.4, -0.2) is 40.7 Å². The van der Waals surface area contributed by atoms with E-state index in [1.165, 1.54) is 0 Å². The third-order valence-corrected chi connectivity index (χ3v) is 2.83. The number of aromatic hydroxyl groups is 1. The fraction of sp³-hybridized carbons (Fsp3) is 0.286. The molecule has 2 N–H and O–H groups in total. The zero-order valence-corrected chi connectivity index (χ0v) is 10.7. The first-order valence-electron chi connectivity index (χ1n) is 5.73. The zero-order valence-electron chi connectivity index (χ0n) is 10.7. The lowest BCUT2D eigenvalue weighted by Gasteiger charge is -2.25. The van der Waals surface area contributed by atoms with Gasteiger partial charge in [-0.2, -0.15) is 5.26 Å². The standard InChI is InChI=1S/C14H16N2O3/c1-10(8-15)13(16(2)9-14(18)19)7-11-3-5-12(17)6-4-11/h3-6,13,17H,1,7,9H2,2H3,(H,18,19)/t13-/m0/s1. The van der Waals surface area contributed by atoms with Crippen molar-refractivity contribution in [1.82, 2.24) is 4.90 Å². The van der Waals surface area contributed by atoms with Crippen molar-refractivity contribution in [2.45, 2.75) is 12.5 Å². The first kappa shape index (κ1) is 14.7. The molecule has 0 radical (unpaired) electrons. The maximum Gasteiger partial charge on any atom is 0.317 e. The van der Waals surface area contributed by atoms with E-state index in [0.717, 1.165) is 5.56 Å². The van der Waals surface area contributed by atoms with Crippen LogP contribution in [0.15, 0.2) is 36.4 Å². The lowest BCUT2D eigenvalue weighted by Crippen LogP contribution is -2.38. The minimum Gasteiger partial charge on any atom is -0.508 e. The molecule has 0 aliphatic heterocycles. The van der Waals surface area contributed by atoms with Gasteiger partial charge in [-0.15, -0.1) is 0 Å². The lowest BCUT2D eigenvalue weighted by molar-refractivity contribution is -0.138. The molecule has 0 bridgehead atoms. The monoisotopic (exact) mass is 260 g/mol. The molecule has 5 nitrogen and oxygen atoms in total. The summed E-state index contributed by atoms with van der Waals surface area (Å²) in [7, 11) is 1.64. The second-order valence-corrected chi connectivity index (χ2v) is 4.33. The number of hydrogen-bond donors (Lipinski definition) is 2. The highest BCUT2D eigenvalue weighted by atomic mass is 16.4. The Balaban J connectivity index is 2.86. The van der Waals surface area contributed by atoms with Gasteiger partial charge in [0.05, 0.1) is 12.6 Å². The molecule has 0 saturated heterocycles. The topological polar surface area (TPSA) is 84.6 Å². The Morgan fingerprint density at radius 1 is 1.47 bits per heavy atom. The minimum absolute atomic E-state index is 0.163. The maximum absolute atomic E-state index is 10.7. The number of phenols is 1. The van der Waals surface area contributed by atoms with Crippen LogP contribution in [0.1, 0.15) is 5.56 Å². The van der Waals surface area contributed by atoms with Crippen molar-refractivity contribution < 1.29 is 15.0 Å². The fourth-order valence-corrected chi connectivity index (χ4v) is 1.80. The van der Waals surface area contributed by atoms with E-state index in [0.29, 0.717) is 12.0 Å². The summed E-state index contributed by atoms with van der Waals surface area (Å²) >= 11 is 0. The second-order valence-electron chi connectivity index (χ2n) is 4.33. The van der Waals surface area contributed by atoms with Crippen LogP contribution >= 0.6 is 0 Å². The van der Waals surface area contributed by atoms with Crippen molar-refractivity contribution in [3.63, 3.8) is 0 Å². The van der Waals surface area contributed by atoms with E-state index in [-0.39, 0.29) is 18.3 Å². The quantitative estimate of drug-likeness (QED) is 0.755. The van der Waals surface area contributed by atoms with Gasteiger partial charge < -0.3 is 10.2 Å². The molecule has 1 rings (SSSR count). The van der Waals surface area contributed by atoms with Crippen LogP contribution < -0.4 is 0 Å². The number of phenolic OH excluding ortho intramolecular Hbond substituents is 1. The van der Waals surface area contributed by atoms with E-state index in [4.69, 9.17) is 10.4 Å². The number of hydrogen-bond acceptors (Lipinski definition) is 4. The zero-order chi connectivity index (χ0) is 14.4. The molecule has 0 amide bonds. The van der Waals surface area contributed by atoms with Crippen molar-refractivity contribution in [2.24, 2.45) is 0 Å². The molecule has 5 heteroatoms. The molecular formula is C14H16N2O3. The largest absolute Gasteiger partial charge is 0.508 e. The summed E-state index contributed by atoms with van der Waals surface area (Å²) in [4.78, 5) is 12.3. The predicted molar refractivity (Wildman–Crippen MR) is 70.6 cm³/mol. The Labute approximate surface area is 112 Å². The molecule has 0 aliphatic rings. The molecular weight excluding hydrogens is 244 g/mol. The van der Waals surface area contributed by atoms with E-state index in [1.807, 2.05) is 6.07 Å². The molecule has 19 heavy (non-hydrogen) atoms. The number of carboxylic acids is 1. The second kappa shape index (κ2) is 6.57. The van der Waals surface area contributed by atoms with Gasteiger partial charge in [0.2, 0.25) is 0 Å². The molecule has 1 atom stereocenters. The number of likely N-dealkylation sites (N-methyl/N-ethyl adjacent to an activating group) is 1. The molecule has 0 heterocycles. The van der Waals surface area contributed by atoms with E-state index in [1.54, 1.807) is 36.2 Å². The predicted octanol–water partition coefficient (Wildman–Crippen LogP) is 1.40. The Morgan fingerprint density at radius 3 is 2.53 bits per heavy atom. The number of nitrogens with zero attached hydrogens (tertiary/aromatic N) is 2. The summed E-state index contributed by atoms with van der Waals surface area (Å²) < 4.78 is 0. The molecule has 100 valence electrons. The normalized spacial score (nSPS) is 11.8. The van der Waals surface area contributed by atoms with Gasteiger partial charge in [-0.25, -0.2) is 0 Å². The van der Waals surface area contributed by atoms with Gasteiger partial charge in [0.1, 0.15) is 5.75 Å². The Kier molecular flexibility index (Phi) is 5.10. The molecule has 0 aromatic heterocycles. The third kappa shape index (κ3) is 4.45. The highest BCUT2D eigenvalue weighted by molar-refractivity contribution is 5.69. The molecule has 0 spiro atoms. The summed E-state index contributed by atoms with van der Waals surface area (Å²) in [5.74, 6) is -0.790. The van der Waals surface area contributed by atoms with Crippen LogP contribution in [0.25, 0.3) is 0 Å². The van der Waals surface area contributed by atoms with Crippen LogP contribution in [0.4, 0.5) is 0 Å². The Morgan fingerprint density at radius 2 is 2.05 bits per heavy atom. The molecule has 0 unspecified atom stereocenters. The van der Waals surface area contributed by atoms with Gasteiger partial charge in [-0.1, -0.05) is 18.7 Å². The average molecular weight is 260 g/mol. The van der Waals surface area contributed by atoms with Gasteiger partial charge in [-0.3, -0.25) is 9.69 Å². The van der Waals surface area contributed by atoms with E-state index < -0.39 is 5.97 Å². The van der Waals surface area contributed by atoms with Gasteiger partial charge in [-0.05, 0) is 31.2 Å². The Bertz CT molecular complexity index is 502. The summed E-state index contributed by atoms with van der Waals surface area (Å²) in [5.41, 5.74) is 1.22.